The first kappa shape index (κ1) is 20.8. The monoisotopic (exact) mass is 419 g/mol. The molecule has 8 heteroatoms. The number of carbonyl (C=O) groups excluding carboxylic acids is 1. The van der Waals surface area contributed by atoms with Crippen LogP contribution in [0.1, 0.15) is 35.5 Å². The van der Waals surface area contributed by atoms with Gasteiger partial charge < -0.3 is 4.90 Å². The quantitative estimate of drug-likeness (QED) is 0.573. The summed E-state index contributed by atoms with van der Waals surface area (Å²) in [6, 6.07) is 3.85. The van der Waals surface area contributed by atoms with Gasteiger partial charge in [-0.2, -0.15) is 5.10 Å². The summed E-state index contributed by atoms with van der Waals surface area (Å²) in [7, 11) is 1.80. The molecular weight excluding hydrogens is 394 g/mol. The van der Waals surface area contributed by atoms with Crippen molar-refractivity contribution in [1.82, 2.24) is 19.7 Å². The molecule has 3 rings (SSSR count). The van der Waals surface area contributed by atoms with Gasteiger partial charge in [0, 0.05) is 25.2 Å². The summed E-state index contributed by atoms with van der Waals surface area (Å²) in [6.45, 7) is 11.4. The third-order valence-electron chi connectivity index (χ3n) is 5.07. The molecule has 2 aromatic heterocycles. The largest absolute Gasteiger partial charge is 0.302 e. The first-order valence-electron chi connectivity index (χ1n) is 9.45. The Morgan fingerprint density at radius 1 is 1.21 bits per heavy atom. The van der Waals surface area contributed by atoms with Gasteiger partial charge in [-0.25, -0.2) is 4.98 Å². The van der Waals surface area contributed by atoms with Crippen LogP contribution in [0.3, 0.4) is 0 Å². The van der Waals surface area contributed by atoms with Gasteiger partial charge in [0.25, 0.3) is 5.91 Å². The lowest BCUT2D eigenvalue weighted by molar-refractivity contribution is 0.0974. The molecule has 0 N–H and O–H groups in total. The molecule has 0 unspecified atom stereocenters. The minimum absolute atomic E-state index is 0.0764. The molecule has 0 saturated heterocycles. The van der Waals surface area contributed by atoms with E-state index in [2.05, 4.69) is 23.8 Å². The van der Waals surface area contributed by atoms with Crippen LogP contribution in [0.25, 0.3) is 10.2 Å². The molecular formula is C20H26ClN5OS. The lowest BCUT2D eigenvalue weighted by Crippen LogP contribution is -2.39. The fraction of sp³-hybridized carbons (Fsp3) is 0.450. The second-order valence-corrected chi connectivity index (χ2v) is 8.22. The summed E-state index contributed by atoms with van der Waals surface area (Å²) in [4.78, 5) is 22.3. The van der Waals surface area contributed by atoms with Gasteiger partial charge in [0.2, 0.25) is 0 Å². The summed E-state index contributed by atoms with van der Waals surface area (Å²) >= 11 is 7.79. The number of aryl methyl sites for hydroxylation is 3. The van der Waals surface area contributed by atoms with Crippen LogP contribution < -0.4 is 4.90 Å². The fourth-order valence-corrected chi connectivity index (χ4v) is 4.45. The van der Waals surface area contributed by atoms with Gasteiger partial charge >= 0.3 is 0 Å². The van der Waals surface area contributed by atoms with E-state index in [9.17, 15) is 4.79 Å². The lowest BCUT2D eigenvalue weighted by Gasteiger charge is -2.25. The zero-order valence-electron chi connectivity index (χ0n) is 17.0. The molecule has 0 bridgehead atoms. The first-order chi connectivity index (χ1) is 13.4. The van der Waals surface area contributed by atoms with Gasteiger partial charge in [0.15, 0.2) is 5.13 Å². The average Bonchev–Trinajstić information content (AvgIpc) is 3.25. The van der Waals surface area contributed by atoms with Crippen molar-refractivity contribution in [3.05, 3.63) is 40.2 Å². The number of thiazole rings is 1. The zero-order chi connectivity index (χ0) is 20.4. The SMILES string of the molecule is CCN(CC)CCN(C(=O)c1c(C)cnn1C)c1nc2c(C)c(Cl)ccc2s1. The number of fused-ring (bicyclic) bond motifs is 1. The van der Waals surface area contributed by atoms with E-state index in [1.54, 1.807) is 22.8 Å². The van der Waals surface area contributed by atoms with Crippen molar-refractivity contribution in [2.24, 2.45) is 7.05 Å². The van der Waals surface area contributed by atoms with Gasteiger partial charge in [0.1, 0.15) is 5.69 Å². The Bertz CT molecular complexity index is 973. The van der Waals surface area contributed by atoms with Crippen molar-refractivity contribution in [3.8, 4) is 0 Å². The summed E-state index contributed by atoms with van der Waals surface area (Å²) in [5.74, 6) is -0.0764. The average molecular weight is 420 g/mol. The molecule has 3 aromatic rings. The Morgan fingerprint density at radius 3 is 2.54 bits per heavy atom. The van der Waals surface area contributed by atoms with Gasteiger partial charge in [-0.3, -0.25) is 14.4 Å². The Labute approximate surface area is 174 Å². The molecule has 0 saturated carbocycles. The number of rotatable bonds is 7. The summed E-state index contributed by atoms with van der Waals surface area (Å²) < 4.78 is 2.66. The molecule has 28 heavy (non-hydrogen) atoms. The van der Waals surface area contributed by atoms with Crippen LogP contribution in [0.4, 0.5) is 5.13 Å². The number of carbonyl (C=O) groups is 1. The predicted octanol–water partition coefficient (Wildman–Crippen LogP) is 4.29. The van der Waals surface area contributed by atoms with E-state index in [0.29, 0.717) is 22.4 Å². The molecule has 6 nitrogen and oxygen atoms in total. The molecule has 0 spiro atoms. The second-order valence-electron chi connectivity index (χ2n) is 6.80. The first-order valence-corrected chi connectivity index (χ1v) is 10.6. The van der Waals surface area contributed by atoms with E-state index >= 15 is 0 Å². The molecule has 0 fully saturated rings. The number of anilines is 1. The summed E-state index contributed by atoms with van der Waals surface area (Å²) in [5, 5.41) is 5.61. The number of amides is 1. The Kier molecular flexibility index (Phi) is 6.37. The molecule has 0 aliphatic heterocycles. The van der Waals surface area contributed by atoms with E-state index in [1.165, 1.54) is 11.3 Å². The highest BCUT2D eigenvalue weighted by Gasteiger charge is 2.26. The minimum Gasteiger partial charge on any atom is -0.302 e. The van der Waals surface area contributed by atoms with Crippen LogP contribution in [0.2, 0.25) is 5.02 Å². The molecule has 0 radical (unpaired) electrons. The number of hydrogen-bond donors (Lipinski definition) is 0. The van der Waals surface area contributed by atoms with Crippen LogP contribution in [-0.4, -0.2) is 51.8 Å². The van der Waals surface area contributed by atoms with Gasteiger partial charge in [0.05, 0.1) is 16.4 Å². The van der Waals surface area contributed by atoms with Gasteiger partial charge in [-0.1, -0.05) is 36.8 Å². The van der Waals surface area contributed by atoms with Crippen LogP contribution in [0.5, 0.6) is 0 Å². The van der Waals surface area contributed by atoms with Crippen LogP contribution in [0.15, 0.2) is 18.3 Å². The fourth-order valence-electron chi connectivity index (χ4n) is 3.25. The topological polar surface area (TPSA) is 54.3 Å². The minimum atomic E-state index is -0.0764. The van der Waals surface area contributed by atoms with Crippen molar-refractivity contribution >= 4 is 44.2 Å². The van der Waals surface area contributed by atoms with E-state index < -0.39 is 0 Å². The van der Waals surface area contributed by atoms with E-state index in [1.807, 2.05) is 26.0 Å². The van der Waals surface area contributed by atoms with Crippen LogP contribution in [-0.2, 0) is 7.05 Å². The van der Waals surface area contributed by atoms with E-state index in [4.69, 9.17) is 16.6 Å². The lowest BCUT2D eigenvalue weighted by atomic mass is 10.2. The Morgan fingerprint density at radius 2 is 1.93 bits per heavy atom. The van der Waals surface area contributed by atoms with Crippen LogP contribution >= 0.6 is 22.9 Å². The number of nitrogens with zero attached hydrogens (tertiary/aromatic N) is 5. The third-order valence-corrected chi connectivity index (χ3v) is 6.52. The highest BCUT2D eigenvalue weighted by molar-refractivity contribution is 7.22. The maximum Gasteiger partial charge on any atom is 0.278 e. The van der Waals surface area contributed by atoms with Crippen molar-refractivity contribution in [2.75, 3.05) is 31.1 Å². The number of halogens is 1. The third kappa shape index (κ3) is 3.92. The highest BCUT2D eigenvalue weighted by atomic mass is 35.5. The molecule has 0 atom stereocenters. The molecule has 0 aliphatic rings. The van der Waals surface area contributed by atoms with Crippen molar-refractivity contribution in [3.63, 3.8) is 0 Å². The molecule has 1 amide bonds. The van der Waals surface area contributed by atoms with Gasteiger partial charge in [-0.15, -0.1) is 0 Å². The highest BCUT2D eigenvalue weighted by Crippen LogP contribution is 2.34. The molecule has 1 aromatic carbocycles. The van der Waals surface area contributed by atoms with Crippen molar-refractivity contribution in [1.29, 1.82) is 0 Å². The molecule has 0 aliphatic carbocycles. The predicted molar refractivity (Wildman–Crippen MR) is 117 cm³/mol. The zero-order valence-corrected chi connectivity index (χ0v) is 18.6. The Hall–Kier alpha value is -1.96. The number of benzene rings is 1. The maximum atomic E-state index is 13.5. The number of likely N-dealkylation sites (N-methyl/N-ethyl adjacent to an activating group) is 1. The second kappa shape index (κ2) is 8.59. The van der Waals surface area contributed by atoms with Gasteiger partial charge in [-0.05, 0) is 50.2 Å². The van der Waals surface area contributed by atoms with Crippen LogP contribution in [0, 0.1) is 13.8 Å². The van der Waals surface area contributed by atoms with E-state index in [-0.39, 0.29) is 5.91 Å². The normalized spacial score (nSPS) is 11.5. The Balaban J connectivity index is 2.03. The summed E-state index contributed by atoms with van der Waals surface area (Å²) in [5.41, 5.74) is 3.25. The molecule has 2 heterocycles. The smallest absolute Gasteiger partial charge is 0.278 e. The summed E-state index contributed by atoms with van der Waals surface area (Å²) in [6.07, 6.45) is 1.72. The van der Waals surface area contributed by atoms with E-state index in [0.717, 1.165) is 41.0 Å². The molecule has 150 valence electrons. The standard InChI is InChI=1S/C20H26ClN5OS/c1-6-25(7-2)10-11-26(19(27)18-13(3)12-22-24(18)5)20-23-17-14(4)15(21)8-9-16(17)28-20/h8-9,12H,6-7,10-11H2,1-5H3. The number of aromatic nitrogens is 3. The van der Waals surface area contributed by atoms with Crippen molar-refractivity contribution < 1.29 is 4.79 Å². The van der Waals surface area contributed by atoms with Crippen molar-refractivity contribution in [2.45, 2.75) is 27.7 Å². The maximum absolute atomic E-state index is 13.5. The number of hydrogen-bond acceptors (Lipinski definition) is 5.